The van der Waals surface area contributed by atoms with Crippen molar-refractivity contribution in [3.05, 3.63) is 35.1 Å². The summed E-state index contributed by atoms with van der Waals surface area (Å²) in [6.07, 6.45) is -0.764. The van der Waals surface area contributed by atoms with Gasteiger partial charge in [-0.2, -0.15) is 0 Å². The van der Waals surface area contributed by atoms with Gasteiger partial charge in [0.05, 0.1) is 12.7 Å². The SMILES string of the molecule is Cc1ccc(CNCC(O)CO)cc1F. The maximum absolute atomic E-state index is 13.1. The number of nitrogens with one attached hydrogen (secondary N) is 1. The fourth-order valence-electron chi connectivity index (χ4n) is 1.19. The summed E-state index contributed by atoms with van der Waals surface area (Å²) in [6.45, 7) is 2.22. The Morgan fingerprint density at radius 3 is 2.80 bits per heavy atom. The van der Waals surface area contributed by atoms with Gasteiger partial charge >= 0.3 is 0 Å². The lowest BCUT2D eigenvalue weighted by Crippen LogP contribution is -2.28. The van der Waals surface area contributed by atoms with Crippen LogP contribution in [-0.4, -0.2) is 29.5 Å². The first-order valence-electron chi connectivity index (χ1n) is 4.88. The molecule has 1 atom stereocenters. The zero-order chi connectivity index (χ0) is 11.3. The Morgan fingerprint density at radius 2 is 2.20 bits per heavy atom. The number of rotatable bonds is 5. The lowest BCUT2D eigenvalue weighted by Gasteiger charge is -2.09. The van der Waals surface area contributed by atoms with Crippen molar-refractivity contribution < 1.29 is 14.6 Å². The molecule has 15 heavy (non-hydrogen) atoms. The summed E-state index contributed by atoms with van der Waals surface area (Å²) in [6, 6.07) is 5.01. The second kappa shape index (κ2) is 5.80. The Hall–Kier alpha value is -0.970. The first-order chi connectivity index (χ1) is 7.13. The molecule has 0 heterocycles. The molecule has 4 heteroatoms. The van der Waals surface area contributed by atoms with E-state index >= 15 is 0 Å². The Kier molecular flexibility index (Phi) is 4.68. The normalized spacial score (nSPS) is 12.8. The first kappa shape index (κ1) is 12.1. The van der Waals surface area contributed by atoms with E-state index in [0.29, 0.717) is 18.7 Å². The molecule has 0 saturated heterocycles. The molecule has 84 valence electrons. The van der Waals surface area contributed by atoms with Crippen molar-refractivity contribution in [1.82, 2.24) is 5.32 Å². The van der Waals surface area contributed by atoms with Crippen LogP contribution in [0.15, 0.2) is 18.2 Å². The topological polar surface area (TPSA) is 52.5 Å². The monoisotopic (exact) mass is 213 g/mol. The molecule has 0 radical (unpaired) electrons. The zero-order valence-electron chi connectivity index (χ0n) is 8.70. The van der Waals surface area contributed by atoms with Crippen LogP contribution in [0.2, 0.25) is 0 Å². The molecule has 0 spiro atoms. The molecule has 1 unspecified atom stereocenters. The average Bonchev–Trinajstić information content (AvgIpc) is 2.23. The van der Waals surface area contributed by atoms with E-state index in [4.69, 9.17) is 10.2 Å². The lowest BCUT2D eigenvalue weighted by molar-refractivity contribution is 0.0942. The van der Waals surface area contributed by atoms with E-state index < -0.39 is 6.10 Å². The highest BCUT2D eigenvalue weighted by Gasteiger charge is 2.02. The number of benzene rings is 1. The molecule has 0 amide bonds. The molecule has 0 aliphatic carbocycles. The van der Waals surface area contributed by atoms with Crippen molar-refractivity contribution in [3.63, 3.8) is 0 Å². The molecule has 0 bridgehead atoms. The van der Waals surface area contributed by atoms with Crippen LogP contribution < -0.4 is 5.32 Å². The summed E-state index contributed by atoms with van der Waals surface area (Å²) in [7, 11) is 0. The Bertz CT molecular complexity index is 317. The Morgan fingerprint density at radius 1 is 1.47 bits per heavy atom. The molecule has 3 N–H and O–H groups in total. The van der Waals surface area contributed by atoms with Crippen molar-refractivity contribution in [2.75, 3.05) is 13.2 Å². The van der Waals surface area contributed by atoms with E-state index in [1.807, 2.05) is 6.07 Å². The van der Waals surface area contributed by atoms with Gasteiger partial charge in [0.25, 0.3) is 0 Å². The Balaban J connectivity index is 2.41. The van der Waals surface area contributed by atoms with Gasteiger partial charge in [0.1, 0.15) is 5.82 Å². The summed E-state index contributed by atoms with van der Waals surface area (Å²) < 4.78 is 13.1. The van der Waals surface area contributed by atoms with Crippen LogP contribution in [0, 0.1) is 12.7 Å². The highest BCUT2D eigenvalue weighted by Crippen LogP contribution is 2.08. The van der Waals surface area contributed by atoms with E-state index in [9.17, 15) is 4.39 Å². The number of aliphatic hydroxyl groups excluding tert-OH is 2. The van der Waals surface area contributed by atoms with E-state index in [0.717, 1.165) is 5.56 Å². The first-order valence-corrected chi connectivity index (χ1v) is 4.88. The summed E-state index contributed by atoms with van der Waals surface area (Å²) in [4.78, 5) is 0. The lowest BCUT2D eigenvalue weighted by atomic mass is 10.1. The molecule has 0 aliphatic rings. The van der Waals surface area contributed by atoms with Crippen LogP contribution in [0.25, 0.3) is 0 Å². The molecule has 3 nitrogen and oxygen atoms in total. The van der Waals surface area contributed by atoms with Gasteiger partial charge in [-0.1, -0.05) is 12.1 Å². The van der Waals surface area contributed by atoms with Gasteiger partial charge in [-0.3, -0.25) is 0 Å². The van der Waals surface area contributed by atoms with Crippen molar-refractivity contribution in [3.8, 4) is 0 Å². The largest absolute Gasteiger partial charge is 0.394 e. The van der Waals surface area contributed by atoms with Gasteiger partial charge in [0.2, 0.25) is 0 Å². The second-order valence-corrected chi connectivity index (χ2v) is 3.55. The molecular formula is C11H16FNO2. The molecular weight excluding hydrogens is 197 g/mol. The fraction of sp³-hybridized carbons (Fsp3) is 0.455. The van der Waals surface area contributed by atoms with E-state index in [-0.39, 0.29) is 12.4 Å². The minimum absolute atomic E-state index is 0.225. The van der Waals surface area contributed by atoms with Gasteiger partial charge in [0.15, 0.2) is 0 Å². The predicted octanol–water partition coefficient (Wildman–Crippen LogP) is 0.577. The molecule has 0 aromatic heterocycles. The third-order valence-electron chi connectivity index (χ3n) is 2.16. The van der Waals surface area contributed by atoms with Gasteiger partial charge in [-0.15, -0.1) is 0 Å². The standard InChI is InChI=1S/C11H16FNO2/c1-8-2-3-9(4-11(8)12)5-13-6-10(15)7-14/h2-4,10,13-15H,5-7H2,1H3. The minimum atomic E-state index is -0.764. The summed E-state index contributed by atoms with van der Waals surface area (Å²) in [5, 5.41) is 20.5. The number of hydrogen-bond acceptors (Lipinski definition) is 3. The van der Waals surface area contributed by atoms with Gasteiger partial charge < -0.3 is 15.5 Å². The summed E-state index contributed by atoms with van der Waals surface area (Å²) >= 11 is 0. The van der Waals surface area contributed by atoms with E-state index in [2.05, 4.69) is 5.32 Å². The smallest absolute Gasteiger partial charge is 0.126 e. The van der Waals surface area contributed by atoms with Gasteiger partial charge in [0, 0.05) is 13.1 Å². The van der Waals surface area contributed by atoms with E-state index in [1.165, 1.54) is 6.07 Å². The zero-order valence-corrected chi connectivity index (χ0v) is 8.70. The molecule has 0 aliphatic heterocycles. The maximum Gasteiger partial charge on any atom is 0.126 e. The molecule has 1 aromatic rings. The van der Waals surface area contributed by atoms with Gasteiger partial charge in [-0.25, -0.2) is 4.39 Å². The van der Waals surface area contributed by atoms with E-state index in [1.54, 1.807) is 13.0 Å². The second-order valence-electron chi connectivity index (χ2n) is 3.55. The quantitative estimate of drug-likeness (QED) is 0.670. The van der Waals surface area contributed by atoms with Crippen LogP contribution in [0.5, 0.6) is 0 Å². The highest BCUT2D eigenvalue weighted by atomic mass is 19.1. The predicted molar refractivity (Wildman–Crippen MR) is 55.9 cm³/mol. The Labute approximate surface area is 88.6 Å². The highest BCUT2D eigenvalue weighted by molar-refractivity contribution is 5.23. The van der Waals surface area contributed by atoms with Crippen molar-refractivity contribution in [2.45, 2.75) is 19.6 Å². The number of aryl methyl sites for hydroxylation is 1. The molecule has 1 aromatic carbocycles. The van der Waals surface area contributed by atoms with Crippen molar-refractivity contribution in [2.24, 2.45) is 0 Å². The van der Waals surface area contributed by atoms with Crippen molar-refractivity contribution in [1.29, 1.82) is 0 Å². The van der Waals surface area contributed by atoms with Crippen LogP contribution in [0.1, 0.15) is 11.1 Å². The summed E-state index contributed by atoms with van der Waals surface area (Å²) in [5.74, 6) is -0.225. The summed E-state index contributed by atoms with van der Waals surface area (Å²) in [5.41, 5.74) is 1.44. The third-order valence-corrected chi connectivity index (χ3v) is 2.16. The van der Waals surface area contributed by atoms with Crippen LogP contribution in [-0.2, 0) is 6.54 Å². The van der Waals surface area contributed by atoms with Crippen LogP contribution >= 0.6 is 0 Å². The third kappa shape index (κ3) is 3.95. The minimum Gasteiger partial charge on any atom is -0.394 e. The van der Waals surface area contributed by atoms with Crippen LogP contribution in [0.3, 0.4) is 0 Å². The molecule has 0 saturated carbocycles. The maximum atomic E-state index is 13.1. The van der Waals surface area contributed by atoms with Crippen LogP contribution in [0.4, 0.5) is 4.39 Å². The fourth-order valence-corrected chi connectivity index (χ4v) is 1.19. The molecule has 1 rings (SSSR count). The number of hydrogen-bond donors (Lipinski definition) is 3. The average molecular weight is 213 g/mol. The molecule has 0 fully saturated rings. The number of halogens is 1. The number of aliphatic hydroxyl groups is 2. The van der Waals surface area contributed by atoms with Gasteiger partial charge in [-0.05, 0) is 24.1 Å². The van der Waals surface area contributed by atoms with Crippen molar-refractivity contribution >= 4 is 0 Å².